The van der Waals surface area contributed by atoms with E-state index in [1.165, 1.54) is 0 Å². The van der Waals surface area contributed by atoms with Crippen LogP contribution < -0.4 is 5.32 Å². The van der Waals surface area contributed by atoms with Gasteiger partial charge in [0.15, 0.2) is 5.69 Å². The number of aryl methyl sites for hydroxylation is 2. The molecule has 3 aromatic rings. The zero-order valence-electron chi connectivity index (χ0n) is 12.4. The largest absolute Gasteiger partial charge is 0.347 e. The number of carbonyl (C=O) groups excluding carboxylic acids is 1. The van der Waals surface area contributed by atoms with Crippen molar-refractivity contribution < 1.29 is 4.79 Å². The molecule has 5 heteroatoms. The first-order chi connectivity index (χ1) is 10.6. The maximum Gasteiger partial charge on any atom is 0.272 e. The van der Waals surface area contributed by atoms with E-state index in [1.807, 2.05) is 56.4 Å². The summed E-state index contributed by atoms with van der Waals surface area (Å²) in [7, 11) is 1.84. The quantitative estimate of drug-likeness (QED) is 0.805. The average molecular weight is 314 g/mol. The highest BCUT2D eigenvalue weighted by molar-refractivity contribution is 6.30. The Labute approximate surface area is 133 Å². The third-order valence-electron chi connectivity index (χ3n) is 3.67. The first-order valence-electron chi connectivity index (χ1n) is 7.01. The summed E-state index contributed by atoms with van der Waals surface area (Å²) >= 11 is 5.86. The summed E-state index contributed by atoms with van der Waals surface area (Å²) in [6, 6.07) is 13.3. The van der Waals surface area contributed by atoms with Crippen molar-refractivity contribution in [3.05, 3.63) is 64.3 Å². The third kappa shape index (κ3) is 2.70. The van der Waals surface area contributed by atoms with Crippen molar-refractivity contribution in [2.75, 3.05) is 0 Å². The Morgan fingerprint density at radius 2 is 1.95 bits per heavy atom. The molecule has 0 radical (unpaired) electrons. The molecule has 0 aliphatic carbocycles. The van der Waals surface area contributed by atoms with Gasteiger partial charge in [0, 0.05) is 24.0 Å². The molecule has 0 aliphatic rings. The van der Waals surface area contributed by atoms with Crippen LogP contribution in [-0.4, -0.2) is 15.7 Å². The second-order valence-corrected chi connectivity index (χ2v) is 5.69. The summed E-state index contributed by atoms with van der Waals surface area (Å²) in [4.78, 5) is 12.5. The summed E-state index contributed by atoms with van der Waals surface area (Å²) < 4.78 is 1.74. The summed E-state index contributed by atoms with van der Waals surface area (Å²) in [5.41, 5.74) is 3.46. The van der Waals surface area contributed by atoms with Crippen LogP contribution in [0.25, 0.3) is 10.9 Å². The van der Waals surface area contributed by atoms with Crippen LogP contribution in [0.4, 0.5) is 0 Å². The van der Waals surface area contributed by atoms with Crippen molar-refractivity contribution >= 4 is 28.4 Å². The van der Waals surface area contributed by atoms with E-state index in [-0.39, 0.29) is 5.91 Å². The molecule has 0 fully saturated rings. The molecular weight excluding hydrogens is 298 g/mol. The maximum absolute atomic E-state index is 12.5. The zero-order valence-corrected chi connectivity index (χ0v) is 13.2. The molecule has 0 spiro atoms. The third-order valence-corrected chi connectivity index (χ3v) is 3.92. The molecule has 4 nitrogen and oxygen atoms in total. The van der Waals surface area contributed by atoms with Gasteiger partial charge in [-0.25, -0.2) is 0 Å². The zero-order chi connectivity index (χ0) is 15.7. The van der Waals surface area contributed by atoms with Crippen LogP contribution in [0.15, 0.2) is 42.5 Å². The Kier molecular flexibility index (Phi) is 3.86. The van der Waals surface area contributed by atoms with E-state index in [9.17, 15) is 4.79 Å². The summed E-state index contributed by atoms with van der Waals surface area (Å²) in [6.45, 7) is 2.43. The minimum absolute atomic E-state index is 0.171. The lowest BCUT2D eigenvalue weighted by molar-refractivity contribution is 0.0946. The Hall–Kier alpha value is -2.33. The van der Waals surface area contributed by atoms with Crippen molar-refractivity contribution in [1.29, 1.82) is 0 Å². The number of rotatable bonds is 3. The van der Waals surface area contributed by atoms with Crippen LogP contribution >= 0.6 is 11.6 Å². The Bertz CT molecular complexity index is 837. The summed E-state index contributed by atoms with van der Waals surface area (Å²) in [5.74, 6) is -0.171. The molecule has 22 heavy (non-hydrogen) atoms. The molecule has 112 valence electrons. The molecule has 1 N–H and O–H groups in total. The lowest BCUT2D eigenvalue weighted by atomic mass is 10.1. The second-order valence-electron chi connectivity index (χ2n) is 5.25. The van der Waals surface area contributed by atoms with E-state index in [2.05, 4.69) is 10.4 Å². The van der Waals surface area contributed by atoms with Gasteiger partial charge in [0.1, 0.15) is 0 Å². The fourth-order valence-corrected chi connectivity index (χ4v) is 2.64. The number of benzene rings is 2. The normalized spacial score (nSPS) is 10.9. The van der Waals surface area contributed by atoms with Crippen LogP contribution in [0.3, 0.4) is 0 Å². The fraction of sp³-hybridized carbons (Fsp3) is 0.176. The number of nitrogens with zero attached hydrogens (tertiary/aromatic N) is 2. The van der Waals surface area contributed by atoms with Crippen molar-refractivity contribution in [2.24, 2.45) is 7.05 Å². The Morgan fingerprint density at radius 3 is 2.68 bits per heavy atom. The highest BCUT2D eigenvalue weighted by Gasteiger charge is 2.17. The lowest BCUT2D eigenvalue weighted by Crippen LogP contribution is -2.23. The van der Waals surface area contributed by atoms with Gasteiger partial charge in [-0.15, -0.1) is 0 Å². The maximum atomic E-state index is 12.5. The molecule has 1 amide bonds. The molecule has 0 saturated carbocycles. The number of hydrogen-bond donors (Lipinski definition) is 1. The summed E-state index contributed by atoms with van der Waals surface area (Å²) in [5, 5.41) is 8.85. The van der Waals surface area contributed by atoms with Crippen molar-refractivity contribution in [2.45, 2.75) is 13.5 Å². The molecule has 0 bridgehead atoms. The molecule has 0 aliphatic heterocycles. The average Bonchev–Trinajstić information content (AvgIpc) is 2.85. The number of halogens is 1. The fourth-order valence-electron chi connectivity index (χ4n) is 2.51. The second kappa shape index (κ2) is 5.81. The molecule has 0 saturated heterocycles. The van der Waals surface area contributed by atoms with Crippen LogP contribution in [0, 0.1) is 6.92 Å². The number of nitrogens with one attached hydrogen (secondary N) is 1. The van der Waals surface area contributed by atoms with Crippen LogP contribution in [0.2, 0.25) is 5.02 Å². The number of hydrogen-bond acceptors (Lipinski definition) is 2. The first kappa shape index (κ1) is 14.6. The highest BCUT2D eigenvalue weighted by Crippen LogP contribution is 2.21. The van der Waals surface area contributed by atoms with E-state index in [0.717, 1.165) is 22.0 Å². The van der Waals surface area contributed by atoms with Gasteiger partial charge in [0.25, 0.3) is 5.91 Å². The van der Waals surface area contributed by atoms with Crippen molar-refractivity contribution in [1.82, 2.24) is 15.1 Å². The van der Waals surface area contributed by atoms with E-state index in [0.29, 0.717) is 17.3 Å². The van der Waals surface area contributed by atoms with Crippen LogP contribution in [0.5, 0.6) is 0 Å². The summed E-state index contributed by atoms with van der Waals surface area (Å²) in [6.07, 6.45) is 0. The number of fused-ring (bicyclic) bond motifs is 1. The molecule has 0 atom stereocenters. The SMILES string of the molecule is Cc1cccc2c1c(C(=O)NCc1ccc(Cl)cc1)nn2C. The molecular formula is C17H16ClN3O. The van der Waals surface area contributed by atoms with Crippen LogP contribution in [0.1, 0.15) is 21.6 Å². The van der Waals surface area contributed by atoms with Crippen molar-refractivity contribution in [3.63, 3.8) is 0 Å². The van der Waals surface area contributed by atoms with Gasteiger partial charge < -0.3 is 5.32 Å². The van der Waals surface area contributed by atoms with Gasteiger partial charge in [-0.05, 0) is 36.2 Å². The lowest BCUT2D eigenvalue weighted by Gasteiger charge is -2.04. The molecule has 0 unspecified atom stereocenters. The Morgan fingerprint density at radius 1 is 1.23 bits per heavy atom. The molecule has 3 rings (SSSR count). The van der Waals surface area contributed by atoms with Gasteiger partial charge in [0.05, 0.1) is 5.52 Å². The minimum atomic E-state index is -0.171. The van der Waals surface area contributed by atoms with Gasteiger partial charge in [0.2, 0.25) is 0 Å². The van der Waals surface area contributed by atoms with Gasteiger partial charge in [-0.3, -0.25) is 9.48 Å². The van der Waals surface area contributed by atoms with Gasteiger partial charge >= 0.3 is 0 Å². The van der Waals surface area contributed by atoms with E-state index in [4.69, 9.17) is 11.6 Å². The minimum Gasteiger partial charge on any atom is -0.347 e. The number of amides is 1. The topological polar surface area (TPSA) is 46.9 Å². The van der Waals surface area contributed by atoms with Crippen molar-refractivity contribution in [3.8, 4) is 0 Å². The first-order valence-corrected chi connectivity index (χ1v) is 7.39. The van der Waals surface area contributed by atoms with E-state index >= 15 is 0 Å². The monoisotopic (exact) mass is 313 g/mol. The van der Waals surface area contributed by atoms with Crippen LogP contribution in [-0.2, 0) is 13.6 Å². The van der Waals surface area contributed by atoms with E-state index < -0.39 is 0 Å². The molecule has 1 aromatic heterocycles. The molecule has 1 heterocycles. The predicted molar refractivity (Wildman–Crippen MR) is 88.1 cm³/mol. The van der Waals surface area contributed by atoms with Gasteiger partial charge in [-0.2, -0.15) is 5.10 Å². The number of carbonyl (C=O) groups is 1. The highest BCUT2D eigenvalue weighted by atomic mass is 35.5. The van der Waals surface area contributed by atoms with Gasteiger partial charge in [-0.1, -0.05) is 35.9 Å². The smallest absolute Gasteiger partial charge is 0.272 e. The molecule has 2 aromatic carbocycles. The standard InChI is InChI=1S/C17H16ClN3O/c1-11-4-3-5-14-15(11)16(20-21(14)2)17(22)19-10-12-6-8-13(18)9-7-12/h3-9H,10H2,1-2H3,(H,19,22). The van der Waals surface area contributed by atoms with E-state index in [1.54, 1.807) is 4.68 Å². The Balaban J connectivity index is 1.85. The predicted octanol–water partition coefficient (Wildman–Crippen LogP) is 3.47. The number of aromatic nitrogens is 2.